The fourth-order valence-corrected chi connectivity index (χ4v) is 3.64. The molecule has 1 fully saturated rings. The second kappa shape index (κ2) is 9.03. The standard InChI is InChI=1S/C21H20N2O3S2/c1-3-14(2)26-17-12-8-7-11-16(17)13-18-20(25)23(21(27)28-18)22-19(24)15-9-5-4-6-10-15/h4-14H,3H2,1-2H3,(H,22,24)/b18-13+/t14-/m0/s1. The van der Waals surface area contributed by atoms with E-state index < -0.39 is 5.91 Å². The SMILES string of the molecule is CC[C@H](C)Oc1ccccc1/C=C1/SC(=S)N(NC(=O)c2ccccc2)C1=O. The van der Waals surface area contributed by atoms with Crippen molar-refractivity contribution in [3.05, 3.63) is 70.6 Å². The lowest BCUT2D eigenvalue weighted by atomic mass is 10.1. The fourth-order valence-electron chi connectivity index (χ4n) is 2.47. The minimum atomic E-state index is -0.390. The highest BCUT2D eigenvalue weighted by Crippen LogP contribution is 2.33. The number of hydrazine groups is 1. The maximum Gasteiger partial charge on any atom is 0.285 e. The number of nitrogens with one attached hydrogen (secondary N) is 1. The Morgan fingerprint density at radius 2 is 1.89 bits per heavy atom. The molecule has 1 N–H and O–H groups in total. The van der Waals surface area contributed by atoms with Gasteiger partial charge in [0.1, 0.15) is 5.75 Å². The molecule has 0 aliphatic carbocycles. The van der Waals surface area contributed by atoms with E-state index in [1.54, 1.807) is 30.3 Å². The maximum atomic E-state index is 12.8. The van der Waals surface area contributed by atoms with Gasteiger partial charge in [-0.1, -0.05) is 55.1 Å². The number of thiocarbonyl (C=S) groups is 1. The Labute approximate surface area is 173 Å². The molecule has 1 heterocycles. The topological polar surface area (TPSA) is 58.6 Å². The Kier molecular flexibility index (Phi) is 6.49. The highest BCUT2D eigenvalue weighted by Gasteiger charge is 2.34. The molecule has 2 aromatic rings. The summed E-state index contributed by atoms with van der Waals surface area (Å²) >= 11 is 6.43. The Morgan fingerprint density at radius 3 is 2.61 bits per heavy atom. The minimum Gasteiger partial charge on any atom is -0.490 e. The quantitative estimate of drug-likeness (QED) is 0.563. The van der Waals surface area contributed by atoms with Gasteiger partial charge in [0, 0.05) is 11.1 Å². The van der Waals surface area contributed by atoms with Crippen molar-refractivity contribution < 1.29 is 14.3 Å². The monoisotopic (exact) mass is 412 g/mol. The average molecular weight is 413 g/mol. The van der Waals surface area contributed by atoms with Crippen LogP contribution in [-0.4, -0.2) is 27.2 Å². The average Bonchev–Trinajstić information content (AvgIpc) is 2.97. The van der Waals surface area contributed by atoms with Crippen molar-refractivity contribution in [1.82, 2.24) is 10.4 Å². The van der Waals surface area contributed by atoms with Gasteiger partial charge in [0.2, 0.25) is 0 Å². The van der Waals surface area contributed by atoms with E-state index in [0.29, 0.717) is 16.2 Å². The van der Waals surface area contributed by atoms with Gasteiger partial charge in [-0.15, -0.1) is 0 Å². The summed E-state index contributed by atoms with van der Waals surface area (Å²) in [5, 5.41) is 1.11. The molecule has 7 heteroatoms. The zero-order valence-electron chi connectivity index (χ0n) is 15.5. The summed E-state index contributed by atoms with van der Waals surface area (Å²) in [5.74, 6) is -0.0493. The van der Waals surface area contributed by atoms with E-state index in [0.717, 1.165) is 28.8 Å². The van der Waals surface area contributed by atoms with Gasteiger partial charge in [-0.25, -0.2) is 0 Å². The first-order valence-corrected chi connectivity index (χ1v) is 10.1. The zero-order valence-corrected chi connectivity index (χ0v) is 17.2. The van der Waals surface area contributed by atoms with Gasteiger partial charge in [-0.3, -0.25) is 15.0 Å². The Balaban J connectivity index is 1.79. The zero-order chi connectivity index (χ0) is 20.1. The molecule has 0 unspecified atom stereocenters. The number of hydrogen-bond donors (Lipinski definition) is 1. The number of rotatable bonds is 6. The predicted molar refractivity (Wildman–Crippen MR) is 116 cm³/mol. The smallest absolute Gasteiger partial charge is 0.285 e. The number of nitrogens with zero attached hydrogens (tertiary/aromatic N) is 1. The molecule has 2 aromatic carbocycles. The Bertz CT molecular complexity index is 928. The number of carbonyl (C=O) groups is 2. The molecule has 1 aliphatic heterocycles. The van der Waals surface area contributed by atoms with Crippen molar-refractivity contribution in [2.75, 3.05) is 0 Å². The molecule has 1 aliphatic rings. The number of benzene rings is 2. The van der Waals surface area contributed by atoms with Crippen LogP contribution in [0.4, 0.5) is 0 Å². The van der Waals surface area contributed by atoms with E-state index in [2.05, 4.69) is 5.43 Å². The summed E-state index contributed by atoms with van der Waals surface area (Å²) in [7, 11) is 0. The number of para-hydroxylation sites is 1. The molecule has 0 bridgehead atoms. The molecule has 144 valence electrons. The van der Waals surface area contributed by atoms with Crippen LogP contribution in [0.5, 0.6) is 5.75 Å². The van der Waals surface area contributed by atoms with E-state index in [-0.39, 0.29) is 16.3 Å². The maximum absolute atomic E-state index is 12.8. The number of hydrogen-bond acceptors (Lipinski definition) is 5. The van der Waals surface area contributed by atoms with Crippen molar-refractivity contribution in [3.63, 3.8) is 0 Å². The lowest BCUT2D eigenvalue weighted by Gasteiger charge is -2.16. The number of amides is 2. The Hall–Kier alpha value is -2.64. The van der Waals surface area contributed by atoms with Gasteiger partial charge in [0.25, 0.3) is 11.8 Å². The van der Waals surface area contributed by atoms with Gasteiger partial charge in [-0.2, -0.15) is 5.01 Å². The molecule has 0 radical (unpaired) electrons. The summed E-state index contributed by atoms with van der Waals surface area (Å²) in [6, 6.07) is 16.2. The molecule has 0 spiro atoms. The molecule has 1 atom stereocenters. The van der Waals surface area contributed by atoms with Crippen molar-refractivity contribution in [1.29, 1.82) is 0 Å². The highest BCUT2D eigenvalue weighted by atomic mass is 32.2. The highest BCUT2D eigenvalue weighted by molar-refractivity contribution is 8.26. The van der Waals surface area contributed by atoms with E-state index in [1.165, 1.54) is 0 Å². The van der Waals surface area contributed by atoms with Gasteiger partial charge >= 0.3 is 0 Å². The second-order valence-corrected chi connectivity index (χ2v) is 7.87. The second-order valence-electron chi connectivity index (χ2n) is 6.20. The van der Waals surface area contributed by atoms with Gasteiger partial charge < -0.3 is 4.74 Å². The van der Waals surface area contributed by atoms with Crippen LogP contribution < -0.4 is 10.2 Å². The van der Waals surface area contributed by atoms with Crippen LogP contribution >= 0.6 is 24.0 Å². The van der Waals surface area contributed by atoms with Gasteiger partial charge in [0.05, 0.1) is 11.0 Å². The summed E-state index contributed by atoms with van der Waals surface area (Å²) in [5.41, 5.74) is 3.82. The summed E-state index contributed by atoms with van der Waals surface area (Å²) in [4.78, 5) is 25.6. The fraction of sp³-hybridized carbons (Fsp3) is 0.190. The Morgan fingerprint density at radius 1 is 1.21 bits per heavy atom. The third kappa shape index (κ3) is 4.61. The number of ether oxygens (including phenoxy) is 1. The molecule has 0 aromatic heterocycles. The molecule has 5 nitrogen and oxygen atoms in total. The molecular formula is C21H20N2O3S2. The lowest BCUT2D eigenvalue weighted by molar-refractivity contribution is -0.123. The van der Waals surface area contributed by atoms with Crippen molar-refractivity contribution in [2.24, 2.45) is 0 Å². The minimum absolute atomic E-state index is 0.0641. The summed E-state index contributed by atoms with van der Waals surface area (Å²) in [6.07, 6.45) is 2.68. The number of thioether (sulfide) groups is 1. The van der Waals surface area contributed by atoms with Crippen LogP contribution in [0.15, 0.2) is 59.5 Å². The summed E-state index contributed by atoms with van der Waals surface area (Å²) < 4.78 is 6.21. The lowest BCUT2D eigenvalue weighted by Crippen LogP contribution is -2.44. The normalized spacial score (nSPS) is 16.4. The van der Waals surface area contributed by atoms with E-state index in [4.69, 9.17) is 17.0 Å². The molecule has 28 heavy (non-hydrogen) atoms. The molecule has 0 saturated carbocycles. The third-order valence-electron chi connectivity index (χ3n) is 4.15. The first-order valence-electron chi connectivity index (χ1n) is 8.89. The van der Waals surface area contributed by atoms with E-state index >= 15 is 0 Å². The van der Waals surface area contributed by atoms with Crippen LogP contribution in [0.25, 0.3) is 6.08 Å². The van der Waals surface area contributed by atoms with Crippen molar-refractivity contribution in [2.45, 2.75) is 26.4 Å². The van der Waals surface area contributed by atoms with Crippen molar-refractivity contribution >= 4 is 46.2 Å². The number of carbonyl (C=O) groups excluding carboxylic acids is 2. The molecule has 3 rings (SSSR count). The first kappa shape index (κ1) is 20.1. The molecule has 2 amide bonds. The van der Waals surface area contributed by atoms with Gasteiger partial charge in [-0.05, 0) is 49.8 Å². The van der Waals surface area contributed by atoms with Crippen LogP contribution in [-0.2, 0) is 4.79 Å². The van der Waals surface area contributed by atoms with Crippen LogP contribution in [0.2, 0.25) is 0 Å². The third-order valence-corrected chi connectivity index (χ3v) is 5.45. The largest absolute Gasteiger partial charge is 0.490 e. The van der Waals surface area contributed by atoms with Crippen molar-refractivity contribution in [3.8, 4) is 5.75 Å². The predicted octanol–water partition coefficient (Wildman–Crippen LogP) is 4.41. The molecule has 1 saturated heterocycles. The molecular weight excluding hydrogens is 392 g/mol. The van der Waals surface area contributed by atoms with E-state index in [1.807, 2.05) is 44.2 Å². The van der Waals surface area contributed by atoms with Crippen LogP contribution in [0, 0.1) is 0 Å². The van der Waals surface area contributed by atoms with E-state index in [9.17, 15) is 9.59 Å². The van der Waals surface area contributed by atoms with Gasteiger partial charge in [0.15, 0.2) is 4.32 Å². The van der Waals surface area contributed by atoms with Crippen LogP contribution in [0.1, 0.15) is 36.2 Å². The summed E-state index contributed by atoms with van der Waals surface area (Å²) in [6.45, 7) is 4.04. The van der Waals surface area contributed by atoms with Crippen LogP contribution in [0.3, 0.4) is 0 Å². The first-order chi connectivity index (χ1) is 13.5.